The molecule has 0 unspecified atom stereocenters. The van der Waals surface area contributed by atoms with Crippen LogP contribution in [0.15, 0.2) is 52.7 Å². The summed E-state index contributed by atoms with van der Waals surface area (Å²) in [5.74, 6) is 0. The average Bonchev–Trinajstić information content (AvgIpc) is 2.51. The first kappa shape index (κ1) is 15.2. The topological polar surface area (TPSA) is 28.0 Å². The molecule has 2 rings (SSSR count). The van der Waals surface area contributed by atoms with Gasteiger partial charge in [-0.05, 0) is 75.2 Å². The van der Waals surface area contributed by atoms with Crippen molar-refractivity contribution in [2.45, 2.75) is 27.7 Å². The molecule has 0 saturated carbocycles. The van der Waals surface area contributed by atoms with Crippen LogP contribution >= 0.6 is 0 Å². The fourth-order valence-electron chi connectivity index (χ4n) is 2.22. The van der Waals surface area contributed by atoms with Crippen molar-refractivity contribution in [2.75, 3.05) is 18.0 Å². The normalized spacial score (nSPS) is 11.0. The predicted octanol–water partition coefficient (Wildman–Crippen LogP) is 5.57. The van der Waals surface area contributed by atoms with Crippen LogP contribution in [-0.2, 0) is 0 Å². The molecular formula is C18H23N3. The van der Waals surface area contributed by atoms with Gasteiger partial charge in [0.2, 0.25) is 0 Å². The first-order valence-corrected chi connectivity index (χ1v) is 7.48. The Morgan fingerprint density at radius 1 is 0.762 bits per heavy atom. The molecule has 3 nitrogen and oxygen atoms in total. The van der Waals surface area contributed by atoms with E-state index in [-0.39, 0.29) is 0 Å². The molecule has 0 N–H and O–H groups in total. The highest BCUT2D eigenvalue weighted by molar-refractivity contribution is 5.53. The summed E-state index contributed by atoms with van der Waals surface area (Å²) in [6.45, 7) is 10.5. The Bertz CT molecular complexity index is 611. The summed E-state index contributed by atoms with van der Waals surface area (Å²) in [4.78, 5) is 2.31. The van der Waals surface area contributed by atoms with E-state index in [2.05, 4.69) is 67.1 Å². The van der Waals surface area contributed by atoms with E-state index in [0.29, 0.717) is 0 Å². The van der Waals surface area contributed by atoms with E-state index in [0.717, 1.165) is 24.5 Å². The van der Waals surface area contributed by atoms with Crippen molar-refractivity contribution >= 4 is 17.1 Å². The fourth-order valence-corrected chi connectivity index (χ4v) is 2.22. The van der Waals surface area contributed by atoms with Crippen LogP contribution in [0.2, 0.25) is 0 Å². The van der Waals surface area contributed by atoms with Crippen molar-refractivity contribution in [2.24, 2.45) is 10.2 Å². The van der Waals surface area contributed by atoms with Gasteiger partial charge in [-0.3, -0.25) is 0 Å². The number of anilines is 1. The Balaban J connectivity index is 2.12. The number of azo groups is 1. The highest BCUT2D eigenvalue weighted by Crippen LogP contribution is 2.23. The molecule has 2 aromatic rings. The number of hydrogen-bond acceptors (Lipinski definition) is 3. The summed E-state index contributed by atoms with van der Waals surface area (Å²) in [5, 5.41) is 8.61. The molecule has 0 aliphatic heterocycles. The van der Waals surface area contributed by atoms with Crippen molar-refractivity contribution in [3.05, 3.63) is 53.6 Å². The van der Waals surface area contributed by atoms with Crippen LogP contribution < -0.4 is 4.90 Å². The Morgan fingerprint density at radius 2 is 1.33 bits per heavy atom. The Hall–Kier alpha value is -2.16. The van der Waals surface area contributed by atoms with Gasteiger partial charge in [-0.1, -0.05) is 6.07 Å². The fraction of sp³-hybridized carbons (Fsp3) is 0.333. The highest BCUT2D eigenvalue weighted by Gasteiger charge is 2.01. The van der Waals surface area contributed by atoms with Crippen LogP contribution in [-0.4, -0.2) is 13.1 Å². The third-order valence-electron chi connectivity index (χ3n) is 3.75. The SMILES string of the molecule is CCN(CC)c1ccc(N=Nc2ccc(C)c(C)c2)cc1. The number of hydrogen-bond donors (Lipinski definition) is 0. The molecule has 0 aliphatic carbocycles. The van der Waals surface area contributed by atoms with Crippen LogP contribution in [0.3, 0.4) is 0 Å². The van der Waals surface area contributed by atoms with Gasteiger partial charge in [-0.25, -0.2) is 0 Å². The minimum atomic E-state index is 0.879. The minimum absolute atomic E-state index is 0.879. The van der Waals surface area contributed by atoms with Gasteiger partial charge in [0, 0.05) is 18.8 Å². The lowest BCUT2D eigenvalue weighted by molar-refractivity contribution is 0.866. The van der Waals surface area contributed by atoms with E-state index < -0.39 is 0 Å². The molecule has 0 spiro atoms. The van der Waals surface area contributed by atoms with Gasteiger partial charge in [-0.15, -0.1) is 0 Å². The lowest BCUT2D eigenvalue weighted by Crippen LogP contribution is -2.21. The van der Waals surface area contributed by atoms with Gasteiger partial charge in [0.25, 0.3) is 0 Å². The lowest BCUT2D eigenvalue weighted by atomic mass is 10.1. The third-order valence-corrected chi connectivity index (χ3v) is 3.75. The Kier molecular flexibility index (Phi) is 5.09. The molecule has 0 fully saturated rings. The third kappa shape index (κ3) is 3.91. The summed E-state index contributed by atoms with van der Waals surface area (Å²) < 4.78 is 0. The van der Waals surface area contributed by atoms with Gasteiger partial charge >= 0.3 is 0 Å². The molecule has 3 heteroatoms. The maximum absolute atomic E-state index is 4.31. The molecule has 21 heavy (non-hydrogen) atoms. The highest BCUT2D eigenvalue weighted by atomic mass is 15.1. The molecule has 110 valence electrons. The van der Waals surface area contributed by atoms with Gasteiger partial charge in [-0.2, -0.15) is 10.2 Å². The standard InChI is InChI=1S/C18H23N3/c1-5-21(6-2)18-11-9-16(10-12-18)19-20-17-8-7-14(3)15(4)13-17/h7-13H,5-6H2,1-4H3. The maximum Gasteiger partial charge on any atom is 0.0859 e. The van der Waals surface area contributed by atoms with E-state index >= 15 is 0 Å². The maximum atomic E-state index is 4.31. The summed E-state index contributed by atoms with van der Waals surface area (Å²) >= 11 is 0. The molecule has 0 atom stereocenters. The molecule has 0 aromatic heterocycles. The van der Waals surface area contributed by atoms with Crippen LogP contribution in [0.4, 0.5) is 17.1 Å². The van der Waals surface area contributed by atoms with E-state index in [4.69, 9.17) is 0 Å². The quantitative estimate of drug-likeness (QED) is 0.659. The van der Waals surface area contributed by atoms with E-state index in [1.807, 2.05) is 18.2 Å². The monoisotopic (exact) mass is 281 g/mol. The zero-order valence-corrected chi connectivity index (χ0v) is 13.3. The molecule has 0 heterocycles. The van der Waals surface area contributed by atoms with Crippen molar-refractivity contribution < 1.29 is 0 Å². The van der Waals surface area contributed by atoms with Crippen molar-refractivity contribution in [3.8, 4) is 0 Å². The van der Waals surface area contributed by atoms with E-state index in [1.54, 1.807) is 0 Å². The van der Waals surface area contributed by atoms with Gasteiger partial charge in [0.05, 0.1) is 11.4 Å². The zero-order chi connectivity index (χ0) is 15.2. The molecule has 0 saturated heterocycles. The molecule has 0 radical (unpaired) electrons. The van der Waals surface area contributed by atoms with Crippen molar-refractivity contribution in [1.29, 1.82) is 0 Å². The lowest BCUT2D eigenvalue weighted by Gasteiger charge is -2.20. The number of aryl methyl sites for hydroxylation is 2. The molecule has 2 aromatic carbocycles. The van der Waals surface area contributed by atoms with Gasteiger partial charge in [0.1, 0.15) is 0 Å². The second kappa shape index (κ2) is 7.02. The first-order valence-electron chi connectivity index (χ1n) is 7.48. The summed E-state index contributed by atoms with van der Waals surface area (Å²) in [5.41, 5.74) is 5.51. The smallest absolute Gasteiger partial charge is 0.0859 e. The number of benzene rings is 2. The Labute approximate surface area is 127 Å². The summed E-state index contributed by atoms with van der Waals surface area (Å²) in [6, 6.07) is 14.4. The zero-order valence-electron chi connectivity index (χ0n) is 13.3. The van der Waals surface area contributed by atoms with Crippen molar-refractivity contribution in [3.63, 3.8) is 0 Å². The average molecular weight is 281 g/mol. The van der Waals surface area contributed by atoms with Crippen LogP contribution in [0.25, 0.3) is 0 Å². The van der Waals surface area contributed by atoms with E-state index in [9.17, 15) is 0 Å². The second-order valence-electron chi connectivity index (χ2n) is 5.16. The van der Waals surface area contributed by atoms with E-state index in [1.165, 1.54) is 16.8 Å². The van der Waals surface area contributed by atoms with Gasteiger partial charge < -0.3 is 4.90 Å². The van der Waals surface area contributed by atoms with Crippen LogP contribution in [0.5, 0.6) is 0 Å². The Morgan fingerprint density at radius 3 is 1.90 bits per heavy atom. The van der Waals surface area contributed by atoms with Crippen molar-refractivity contribution in [1.82, 2.24) is 0 Å². The van der Waals surface area contributed by atoms with Crippen LogP contribution in [0, 0.1) is 13.8 Å². The molecular weight excluding hydrogens is 258 g/mol. The first-order chi connectivity index (χ1) is 10.1. The largest absolute Gasteiger partial charge is 0.372 e. The summed E-state index contributed by atoms with van der Waals surface area (Å²) in [7, 11) is 0. The predicted molar refractivity (Wildman–Crippen MR) is 90.1 cm³/mol. The molecule has 0 aliphatic rings. The number of rotatable bonds is 5. The number of nitrogens with zero attached hydrogens (tertiary/aromatic N) is 3. The van der Waals surface area contributed by atoms with Gasteiger partial charge in [0.15, 0.2) is 0 Å². The van der Waals surface area contributed by atoms with Crippen LogP contribution in [0.1, 0.15) is 25.0 Å². The molecule has 0 bridgehead atoms. The summed E-state index contributed by atoms with van der Waals surface area (Å²) in [6.07, 6.45) is 0. The minimum Gasteiger partial charge on any atom is -0.372 e. The molecule has 0 amide bonds. The second-order valence-corrected chi connectivity index (χ2v) is 5.16.